The maximum atomic E-state index is 12.6. The Bertz CT molecular complexity index is 549. The van der Waals surface area contributed by atoms with Gasteiger partial charge < -0.3 is 19.3 Å². The van der Waals surface area contributed by atoms with E-state index in [0.29, 0.717) is 19.1 Å². The summed E-state index contributed by atoms with van der Waals surface area (Å²) in [6.07, 6.45) is 3.24. The number of hydrogen-bond donors (Lipinski definition) is 0. The molecule has 1 atom stereocenters. The number of rotatable bonds is 3. The molecule has 4 heterocycles. The first-order valence-corrected chi connectivity index (χ1v) is 9.94. The average Bonchev–Trinajstić information content (AvgIpc) is 3.30. The summed E-state index contributed by atoms with van der Waals surface area (Å²) in [6, 6.07) is 1.92. The van der Waals surface area contributed by atoms with Gasteiger partial charge in [-0.25, -0.2) is 0 Å². The lowest BCUT2D eigenvalue weighted by molar-refractivity contribution is -0.128. The van der Waals surface area contributed by atoms with Crippen molar-refractivity contribution in [1.29, 1.82) is 0 Å². The van der Waals surface area contributed by atoms with Crippen molar-refractivity contribution in [2.45, 2.75) is 24.9 Å². The summed E-state index contributed by atoms with van der Waals surface area (Å²) in [7, 11) is 0. The van der Waals surface area contributed by atoms with Crippen LogP contribution in [0.15, 0.2) is 16.8 Å². The first-order chi connectivity index (χ1) is 11.7. The van der Waals surface area contributed by atoms with E-state index < -0.39 is 0 Å². The third kappa shape index (κ3) is 3.52. The van der Waals surface area contributed by atoms with Crippen molar-refractivity contribution in [3.8, 4) is 0 Å². The molecule has 5 nitrogen and oxygen atoms in total. The smallest absolute Gasteiger partial charge is 0.254 e. The molecular formula is C18H26N2O3S. The van der Waals surface area contributed by atoms with Crippen LogP contribution in [0.4, 0.5) is 0 Å². The van der Waals surface area contributed by atoms with Gasteiger partial charge in [0.25, 0.3) is 5.91 Å². The zero-order valence-corrected chi connectivity index (χ0v) is 14.9. The van der Waals surface area contributed by atoms with Crippen LogP contribution in [0.1, 0.15) is 29.6 Å². The van der Waals surface area contributed by atoms with Crippen LogP contribution in [-0.4, -0.2) is 73.9 Å². The second-order valence-corrected chi connectivity index (χ2v) is 8.08. The van der Waals surface area contributed by atoms with Gasteiger partial charge in [-0.1, -0.05) is 0 Å². The Hall–Kier alpha value is -0.950. The number of thiophene rings is 1. The summed E-state index contributed by atoms with van der Waals surface area (Å²) in [5, 5.41) is 3.91. The SMILES string of the molecule is O=C(c1ccsc1)N1CCOC2(CCN(CC3CCOC3)CC2)C1. The zero-order valence-electron chi connectivity index (χ0n) is 14.1. The Kier molecular flexibility index (Phi) is 4.90. The van der Waals surface area contributed by atoms with E-state index in [1.165, 1.54) is 6.42 Å². The Balaban J connectivity index is 1.33. The fourth-order valence-electron chi connectivity index (χ4n) is 4.13. The lowest BCUT2D eigenvalue weighted by Crippen LogP contribution is -2.58. The minimum absolute atomic E-state index is 0.132. The van der Waals surface area contributed by atoms with E-state index in [1.807, 2.05) is 21.7 Å². The second kappa shape index (κ2) is 7.12. The van der Waals surface area contributed by atoms with Gasteiger partial charge in [0.2, 0.25) is 0 Å². The molecule has 3 aliphatic heterocycles. The molecular weight excluding hydrogens is 324 g/mol. The van der Waals surface area contributed by atoms with E-state index in [2.05, 4.69) is 4.90 Å². The number of amides is 1. The highest BCUT2D eigenvalue weighted by molar-refractivity contribution is 7.08. The molecule has 0 aromatic carbocycles. The highest BCUT2D eigenvalue weighted by Gasteiger charge is 2.41. The van der Waals surface area contributed by atoms with E-state index in [1.54, 1.807) is 11.3 Å². The number of carbonyl (C=O) groups is 1. The van der Waals surface area contributed by atoms with Crippen LogP contribution in [0.25, 0.3) is 0 Å². The van der Waals surface area contributed by atoms with Crippen molar-refractivity contribution in [3.05, 3.63) is 22.4 Å². The molecule has 1 spiro atoms. The number of nitrogens with zero attached hydrogens (tertiary/aromatic N) is 2. The molecule has 1 aromatic rings. The van der Waals surface area contributed by atoms with Crippen LogP contribution in [0.2, 0.25) is 0 Å². The molecule has 0 aliphatic carbocycles. The van der Waals surface area contributed by atoms with Crippen LogP contribution in [0.3, 0.4) is 0 Å². The van der Waals surface area contributed by atoms with Crippen molar-refractivity contribution < 1.29 is 14.3 Å². The predicted octanol–water partition coefficient (Wildman–Crippen LogP) is 2.09. The summed E-state index contributed by atoms with van der Waals surface area (Å²) >= 11 is 1.58. The quantitative estimate of drug-likeness (QED) is 0.837. The Morgan fingerprint density at radius 1 is 1.29 bits per heavy atom. The van der Waals surface area contributed by atoms with E-state index >= 15 is 0 Å². The molecule has 0 bridgehead atoms. The molecule has 4 rings (SSSR count). The van der Waals surface area contributed by atoms with E-state index in [9.17, 15) is 4.79 Å². The number of morpholine rings is 1. The molecule has 1 amide bonds. The van der Waals surface area contributed by atoms with Gasteiger partial charge in [0.15, 0.2) is 0 Å². The third-order valence-electron chi connectivity index (χ3n) is 5.61. The topological polar surface area (TPSA) is 42.0 Å². The molecule has 3 saturated heterocycles. The molecule has 3 fully saturated rings. The summed E-state index contributed by atoms with van der Waals surface area (Å²) in [6.45, 7) is 7.22. The summed E-state index contributed by atoms with van der Waals surface area (Å²) < 4.78 is 11.7. The molecule has 132 valence electrons. The normalized spacial score (nSPS) is 27.7. The lowest BCUT2D eigenvalue weighted by Gasteiger charge is -2.47. The Morgan fingerprint density at radius 2 is 2.17 bits per heavy atom. The van der Waals surface area contributed by atoms with Gasteiger partial charge in [-0.15, -0.1) is 0 Å². The van der Waals surface area contributed by atoms with Gasteiger partial charge >= 0.3 is 0 Å². The average molecular weight is 350 g/mol. The minimum atomic E-state index is -0.132. The second-order valence-electron chi connectivity index (χ2n) is 7.30. The van der Waals surface area contributed by atoms with Crippen LogP contribution in [0, 0.1) is 5.92 Å². The zero-order chi connectivity index (χ0) is 16.4. The van der Waals surface area contributed by atoms with Gasteiger partial charge in [-0.2, -0.15) is 11.3 Å². The first-order valence-electron chi connectivity index (χ1n) is 9.00. The molecule has 0 saturated carbocycles. The maximum absolute atomic E-state index is 12.6. The molecule has 1 aromatic heterocycles. The van der Waals surface area contributed by atoms with Crippen molar-refractivity contribution in [1.82, 2.24) is 9.80 Å². The number of carbonyl (C=O) groups excluding carboxylic acids is 1. The fourth-order valence-corrected chi connectivity index (χ4v) is 4.75. The Labute approximate surface area is 147 Å². The van der Waals surface area contributed by atoms with E-state index in [0.717, 1.165) is 57.8 Å². The van der Waals surface area contributed by atoms with Crippen molar-refractivity contribution in [2.75, 3.05) is 52.5 Å². The van der Waals surface area contributed by atoms with Gasteiger partial charge in [-0.3, -0.25) is 4.79 Å². The largest absolute Gasteiger partial charge is 0.381 e. The highest BCUT2D eigenvalue weighted by Crippen LogP contribution is 2.31. The number of piperidine rings is 1. The summed E-state index contributed by atoms with van der Waals surface area (Å²) in [5.74, 6) is 0.854. The van der Waals surface area contributed by atoms with Crippen molar-refractivity contribution >= 4 is 17.2 Å². The fraction of sp³-hybridized carbons (Fsp3) is 0.722. The summed E-state index contributed by atoms with van der Waals surface area (Å²) in [4.78, 5) is 17.2. The molecule has 24 heavy (non-hydrogen) atoms. The molecule has 3 aliphatic rings. The first kappa shape index (κ1) is 16.5. The minimum Gasteiger partial charge on any atom is -0.381 e. The van der Waals surface area contributed by atoms with Crippen LogP contribution in [0.5, 0.6) is 0 Å². The van der Waals surface area contributed by atoms with Gasteiger partial charge in [0.05, 0.1) is 30.9 Å². The standard InChI is InChI=1S/C18H26N2O3S/c21-17(16-2-10-24-13-16)20-7-9-23-18(14-20)3-5-19(6-4-18)11-15-1-8-22-12-15/h2,10,13,15H,1,3-9,11-12,14H2. The van der Waals surface area contributed by atoms with Crippen molar-refractivity contribution in [2.24, 2.45) is 5.92 Å². The molecule has 0 radical (unpaired) electrons. The predicted molar refractivity (Wildman–Crippen MR) is 93.5 cm³/mol. The monoisotopic (exact) mass is 350 g/mol. The molecule has 6 heteroatoms. The van der Waals surface area contributed by atoms with Gasteiger partial charge in [0.1, 0.15) is 0 Å². The van der Waals surface area contributed by atoms with Crippen LogP contribution in [-0.2, 0) is 9.47 Å². The van der Waals surface area contributed by atoms with E-state index in [4.69, 9.17) is 9.47 Å². The van der Waals surface area contributed by atoms with Crippen molar-refractivity contribution in [3.63, 3.8) is 0 Å². The maximum Gasteiger partial charge on any atom is 0.254 e. The highest BCUT2D eigenvalue weighted by atomic mass is 32.1. The van der Waals surface area contributed by atoms with Gasteiger partial charge in [0, 0.05) is 38.2 Å². The molecule has 1 unspecified atom stereocenters. The van der Waals surface area contributed by atoms with Crippen LogP contribution < -0.4 is 0 Å². The number of likely N-dealkylation sites (tertiary alicyclic amines) is 1. The summed E-state index contributed by atoms with van der Waals surface area (Å²) in [5.41, 5.74) is 0.683. The molecule has 0 N–H and O–H groups in total. The number of hydrogen-bond acceptors (Lipinski definition) is 5. The Morgan fingerprint density at radius 3 is 2.88 bits per heavy atom. The lowest BCUT2D eigenvalue weighted by atomic mass is 9.88. The number of ether oxygens (including phenoxy) is 2. The van der Waals surface area contributed by atoms with E-state index in [-0.39, 0.29) is 11.5 Å². The van der Waals surface area contributed by atoms with Crippen LogP contribution >= 0.6 is 11.3 Å². The van der Waals surface area contributed by atoms with Gasteiger partial charge in [-0.05, 0) is 36.6 Å². The third-order valence-corrected chi connectivity index (χ3v) is 6.29.